The van der Waals surface area contributed by atoms with Gasteiger partial charge in [0.05, 0.1) is 0 Å². The molecule has 0 aliphatic rings. The Kier molecular flexibility index (Phi) is 5.75. The van der Waals surface area contributed by atoms with Gasteiger partial charge >= 0.3 is 0 Å². The summed E-state index contributed by atoms with van der Waals surface area (Å²) in [6.07, 6.45) is 3.97. The van der Waals surface area contributed by atoms with Gasteiger partial charge in [-0.25, -0.2) is 0 Å². The van der Waals surface area contributed by atoms with Crippen LogP contribution < -0.4 is 5.73 Å². The van der Waals surface area contributed by atoms with Crippen molar-refractivity contribution >= 4 is 5.78 Å². The van der Waals surface area contributed by atoms with Crippen molar-refractivity contribution in [3.63, 3.8) is 0 Å². The van der Waals surface area contributed by atoms with Gasteiger partial charge in [-0.3, -0.25) is 4.79 Å². The number of hydrogen-bond acceptors (Lipinski definition) is 2. The molecule has 2 heteroatoms. The zero-order valence-electron chi connectivity index (χ0n) is 7.18. The highest BCUT2D eigenvalue weighted by atomic mass is 16.1. The lowest BCUT2D eigenvalue weighted by atomic mass is 9.99. The molecule has 0 saturated heterocycles. The van der Waals surface area contributed by atoms with E-state index >= 15 is 0 Å². The summed E-state index contributed by atoms with van der Waals surface area (Å²) >= 11 is 0. The average molecular weight is 155 g/mol. The van der Waals surface area contributed by atoms with Crippen LogP contribution in [0.4, 0.5) is 0 Å². The maximum Gasteiger partial charge on any atom is 0.136 e. The third-order valence-electron chi connectivity index (χ3n) is 1.74. The second-order valence-corrected chi connectivity index (χ2v) is 2.77. The largest absolute Gasteiger partial charge is 0.330 e. The minimum atomic E-state index is 0.125. The molecular formula is C9H17NO. The molecule has 2 nitrogen and oxygen atoms in total. The predicted octanol–water partition coefficient (Wildman–Crippen LogP) is 1.51. The second kappa shape index (κ2) is 6.10. The summed E-state index contributed by atoms with van der Waals surface area (Å²) in [6, 6.07) is 0. The molecule has 0 rings (SSSR count). The van der Waals surface area contributed by atoms with Crippen molar-refractivity contribution in [2.24, 2.45) is 11.7 Å². The molecule has 0 aromatic rings. The quantitative estimate of drug-likeness (QED) is 0.591. The summed E-state index contributed by atoms with van der Waals surface area (Å²) < 4.78 is 0. The van der Waals surface area contributed by atoms with Crippen LogP contribution in [0.3, 0.4) is 0 Å². The molecule has 0 aromatic heterocycles. The minimum absolute atomic E-state index is 0.125. The van der Waals surface area contributed by atoms with Crippen molar-refractivity contribution in [2.75, 3.05) is 6.54 Å². The Hall–Kier alpha value is -0.630. The van der Waals surface area contributed by atoms with Crippen LogP contribution in [0.1, 0.15) is 26.2 Å². The topological polar surface area (TPSA) is 43.1 Å². The van der Waals surface area contributed by atoms with Crippen molar-refractivity contribution in [1.29, 1.82) is 0 Å². The van der Waals surface area contributed by atoms with E-state index in [9.17, 15) is 4.79 Å². The van der Waals surface area contributed by atoms with Gasteiger partial charge in [-0.05, 0) is 19.4 Å². The number of carbonyl (C=O) groups is 1. The average Bonchev–Trinajstić information content (AvgIpc) is 2.00. The maximum absolute atomic E-state index is 11.2. The van der Waals surface area contributed by atoms with E-state index in [2.05, 4.69) is 6.58 Å². The normalized spacial score (nSPS) is 12.5. The SMILES string of the molecule is C=CCCC(=O)C(C)CCN. The highest BCUT2D eigenvalue weighted by molar-refractivity contribution is 5.80. The van der Waals surface area contributed by atoms with Crippen molar-refractivity contribution in [2.45, 2.75) is 26.2 Å². The summed E-state index contributed by atoms with van der Waals surface area (Å²) in [5.74, 6) is 0.426. The third kappa shape index (κ3) is 4.73. The molecule has 0 spiro atoms. The van der Waals surface area contributed by atoms with Gasteiger partial charge in [-0.1, -0.05) is 13.0 Å². The van der Waals surface area contributed by atoms with Crippen LogP contribution in [-0.2, 0) is 4.79 Å². The van der Waals surface area contributed by atoms with Crippen LogP contribution in [0, 0.1) is 5.92 Å². The molecule has 0 radical (unpaired) electrons. The number of Topliss-reactive ketones (excluding diaryl/α,β-unsaturated/α-hetero) is 1. The fourth-order valence-corrected chi connectivity index (χ4v) is 0.902. The predicted molar refractivity (Wildman–Crippen MR) is 47.3 cm³/mol. The first-order chi connectivity index (χ1) is 5.22. The molecule has 0 heterocycles. The van der Waals surface area contributed by atoms with Crippen molar-refractivity contribution in [3.05, 3.63) is 12.7 Å². The molecule has 11 heavy (non-hydrogen) atoms. The molecule has 0 fully saturated rings. The lowest BCUT2D eigenvalue weighted by Gasteiger charge is -2.06. The van der Waals surface area contributed by atoms with Crippen molar-refractivity contribution in [3.8, 4) is 0 Å². The standard InChI is InChI=1S/C9H17NO/c1-3-4-5-9(11)8(2)6-7-10/h3,8H,1,4-7,10H2,2H3. The minimum Gasteiger partial charge on any atom is -0.330 e. The van der Waals surface area contributed by atoms with E-state index in [0.717, 1.165) is 12.8 Å². The number of ketones is 1. The molecule has 1 atom stereocenters. The Morgan fingerprint density at radius 1 is 1.73 bits per heavy atom. The number of allylic oxidation sites excluding steroid dienone is 1. The highest BCUT2D eigenvalue weighted by Gasteiger charge is 2.09. The number of nitrogens with two attached hydrogens (primary N) is 1. The summed E-state index contributed by atoms with van der Waals surface area (Å²) in [5, 5.41) is 0. The van der Waals surface area contributed by atoms with E-state index in [-0.39, 0.29) is 5.92 Å². The van der Waals surface area contributed by atoms with Crippen LogP contribution in [-0.4, -0.2) is 12.3 Å². The highest BCUT2D eigenvalue weighted by Crippen LogP contribution is 2.06. The van der Waals surface area contributed by atoms with Gasteiger partial charge in [0.15, 0.2) is 0 Å². The summed E-state index contributed by atoms with van der Waals surface area (Å²) in [5.41, 5.74) is 5.32. The van der Waals surface area contributed by atoms with Gasteiger partial charge in [0.1, 0.15) is 5.78 Å². The van der Waals surface area contributed by atoms with E-state index in [1.807, 2.05) is 6.92 Å². The molecule has 2 N–H and O–H groups in total. The van der Waals surface area contributed by atoms with Crippen LogP contribution in [0.2, 0.25) is 0 Å². The first-order valence-electron chi connectivity index (χ1n) is 4.06. The van der Waals surface area contributed by atoms with E-state index < -0.39 is 0 Å². The van der Waals surface area contributed by atoms with E-state index in [4.69, 9.17) is 5.73 Å². The van der Waals surface area contributed by atoms with Gasteiger partial charge in [-0.2, -0.15) is 0 Å². The fraction of sp³-hybridized carbons (Fsp3) is 0.667. The lowest BCUT2D eigenvalue weighted by Crippen LogP contribution is -2.14. The smallest absolute Gasteiger partial charge is 0.136 e. The number of carbonyl (C=O) groups excluding carboxylic acids is 1. The molecule has 0 bridgehead atoms. The Labute approximate surface area is 68.5 Å². The lowest BCUT2D eigenvalue weighted by molar-refractivity contribution is -0.122. The molecule has 0 saturated carbocycles. The Bertz CT molecular complexity index is 132. The summed E-state index contributed by atoms with van der Waals surface area (Å²) in [6.45, 7) is 6.09. The van der Waals surface area contributed by atoms with Gasteiger partial charge in [0.25, 0.3) is 0 Å². The Balaban J connectivity index is 3.54. The molecule has 64 valence electrons. The van der Waals surface area contributed by atoms with Gasteiger partial charge in [0.2, 0.25) is 0 Å². The second-order valence-electron chi connectivity index (χ2n) is 2.77. The van der Waals surface area contributed by atoms with Gasteiger partial charge < -0.3 is 5.73 Å². The molecule has 0 aliphatic carbocycles. The zero-order chi connectivity index (χ0) is 8.69. The first kappa shape index (κ1) is 10.4. The number of hydrogen-bond donors (Lipinski definition) is 1. The Morgan fingerprint density at radius 3 is 2.82 bits per heavy atom. The van der Waals surface area contributed by atoms with E-state index in [1.165, 1.54) is 0 Å². The van der Waals surface area contributed by atoms with Gasteiger partial charge in [0, 0.05) is 12.3 Å². The molecule has 0 aromatic carbocycles. The monoisotopic (exact) mass is 155 g/mol. The molecule has 0 amide bonds. The maximum atomic E-state index is 11.2. The number of rotatable bonds is 6. The van der Waals surface area contributed by atoms with Crippen LogP contribution in [0.15, 0.2) is 12.7 Å². The zero-order valence-corrected chi connectivity index (χ0v) is 7.18. The summed E-state index contributed by atoms with van der Waals surface area (Å²) in [4.78, 5) is 11.2. The third-order valence-corrected chi connectivity index (χ3v) is 1.74. The van der Waals surface area contributed by atoms with E-state index in [0.29, 0.717) is 18.7 Å². The van der Waals surface area contributed by atoms with Crippen molar-refractivity contribution in [1.82, 2.24) is 0 Å². The molecule has 1 unspecified atom stereocenters. The van der Waals surface area contributed by atoms with E-state index in [1.54, 1.807) is 6.08 Å². The van der Waals surface area contributed by atoms with Crippen LogP contribution >= 0.6 is 0 Å². The van der Waals surface area contributed by atoms with Crippen LogP contribution in [0.25, 0.3) is 0 Å². The summed E-state index contributed by atoms with van der Waals surface area (Å²) in [7, 11) is 0. The van der Waals surface area contributed by atoms with Gasteiger partial charge in [-0.15, -0.1) is 6.58 Å². The van der Waals surface area contributed by atoms with Crippen molar-refractivity contribution < 1.29 is 4.79 Å². The van der Waals surface area contributed by atoms with Crippen LogP contribution in [0.5, 0.6) is 0 Å². The first-order valence-corrected chi connectivity index (χ1v) is 4.06. The fourth-order valence-electron chi connectivity index (χ4n) is 0.902. The Morgan fingerprint density at radius 2 is 2.36 bits per heavy atom. The molecular weight excluding hydrogens is 138 g/mol. The molecule has 0 aliphatic heterocycles.